The van der Waals surface area contributed by atoms with E-state index < -0.39 is 0 Å². The minimum Gasteiger partial charge on any atom is -0.389 e. The average molecular weight is 205 g/mol. The summed E-state index contributed by atoms with van der Waals surface area (Å²) in [5, 5.41) is 13.1. The molecule has 1 saturated heterocycles. The summed E-state index contributed by atoms with van der Waals surface area (Å²) in [5.41, 5.74) is 2.39. The molecule has 0 saturated carbocycles. The van der Waals surface area contributed by atoms with Crippen molar-refractivity contribution >= 4 is 0 Å². The molecule has 0 amide bonds. The van der Waals surface area contributed by atoms with Crippen LogP contribution in [0.5, 0.6) is 0 Å². The molecule has 2 heteroatoms. The van der Waals surface area contributed by atoms with Gasteiger partial charge in [0.15, 0.2) is 0 Å². The summed E-state index contributed by atoms with van der Waals surface area (Å²) in [5.74, 6) is 0. The van der Waals surface area contributed by atoms with E-state index in [2.05, 4.69) is 24.4 Å². The van der Waals surface area contributed by atoms with E-state index in [0.717, 1.165) is 12.1 Å². The second kappa shape index (κ2) is 3.95. The van der Waals surface area contributed by atoms with Crippen LogP contribution in [-0.4, -0.2) is 11.7 Å². The van der Waals surface area contributed by atoms with Crippen LogP contribution in [0.25, 0.3) is 0 Å². The predicted octanol–water partition coefficient (Wildman–Crippen LogP) is 2.34. The van der Waals surface area contributed by atoms with Crippen LogP contribution >= 0.6 is 0 Å². The second-order valence-electron chi connectivity index (χ2n) is 4.66. The van der Waals surface area contributed by atoms with Gasteiger partial charge in [-0.1, -0.05) is 24.3 Å². The maximum Gasteiger partial charge on any atom is 0.0762 e. The molecule has 0 radical (unpaired) electrons. The molecule has 15 heavy (non-hydrogen) atoms. The number of benzene rings is 1. The molecule has 1 aliphatic rings. The van der Waals surface area contributed by atoms with Crippen molar-refractivity contribution < 1.29 is 5.11 Å². The highest BCUT2D eigenvalue weighted by atomic mass is 16.3. The standard InChI is InChI=1S/C13H19NO/c1-10(15)11-5-3-6-12(9-11)13(2)7-4-8-14-13/h3,5-6,9-10,14-15H,4,7-8H2,1-2H3. The maximum atomic E-state index is 9.55. The lowest BCUT2D eigenvalue weighted by Gasteiger charge is -2.25. The number of rotatable bonds is 2. The molecular weight excluding hydrogens is 186 g/mol. The first-order chi connectivity index (χ1) is 7.12. The summed E-state index contributed by atoms with van der Waals surface area (Å²) in [6.45, 7) is 5.14. The summed E-state index contributed by atoms with van der Waals surface area (Å²) >= 11 is 0. The first-order valence-corrected chi connectivity index (χ1v) is 5.65. The van der Waals surface area contributed by atoms with Crippen molar-refractivity contribution in [1.29, 1.82) is 0 Å². The molecule has 1 aliphatic heterocycles. The zero-order valence-corrected chi connectivity index (χ0v) is 9.46. The summed E-state index contributed by atoms with van der Waals surface area (Å²) in [6, 6.07) is 8.27. The van der Waals surface area contributed by atoms with Gasteiger partial charge in [0.05, 0.1) is 6.10 Å². The van der Waals surface area contributed by atoms with E-state index in [1.165, 1.54) is 18.4 Å². The van der Waals surface area contributed by atoms with E-state index >= 15 is 0 Å². The number of nitrogens with one attached hydrogen (secondary N) is 1. The molecule has 0 bridgehead atoms. The zero-order chi connectivity index (χ0) is 10.9. The molecule has 2 atom stereocenters. The Morgan fingerprint density at radius 3 is 2.87 bits per heavy atom. The Bertz CT molecular complexity index is 340. The van der Waals surface area contributed by atoms with Crippen LogP contribution in [0.1, 0.15) is 43.9 Å². The zero-order valence-electron chi connectivity index (χ0n) is 9.46. The van der Waals surface area contributed by atoms with Crippen molar-refractivity contribution in [2.75, 3.05) is 6.54 Å². The molecule has 0 spiro atoms. The first kappa shape index (κ1) is 10.7. The fourth-order valence-electron chi connectivity index (χ4n) is 2.28. The smallest absolute Gasteiger partial charge is 0.0762 e. The van der Waals surface area contributed by atoms with Crippen molar-refractivity contribution in [3.05, 3.63) is 35.4 Å². The van der Waals surface area contributed by atoms with E-state index in [1.807, 2.05) is 19.1 Å². The molecule has 82 valence electrons. The van der Waals surface area contributed by atoms with Crippen LogP contribution in [0.3, 0.4) is 0 Å². The number of aliphatic hydroxyl groups excluding tert-OH is 1. The van der Waals surface area contributed by atoms with E-state index in [4.69, 9.17) is 0 Å². The van der Waals surface area contributed by atoms with Gasteiger partial charge >= 0.3 is 0 Å². The highest BCUT2D eigenvalue weighted by molar-refractivity contribution is 5.30. The molecule has 1 aromatic carbocycles. The minimum absolute atomic E-state index is 0.102. The lowest BCUT2D eigenvalue weighted by molar-refractivity contribution is 0.199. The van der Waals surface area contributed by atoms with E-state index in [1.54, 1.807) is 0 Å². The number of aliphatic hydroxyl groups is 1. The highest BCUT2D eigenvalue weighted by Gasteiger charge is 2.29. The summed E-state index contributed by atoms with van der Waals surface area (Å²) in [6.07, 6.45) is 2.03. The van der Waals surface area contributed by atoms with E-state index in [0.29, 0.717) is 0 Å². The first-order valence-electron chi connectivity index (χ1n) is 5.65. The molecule has 0 aliphatic carbocycles. The van der Waals surface area contributed by atoms with Gasteiger partial charge in [-0.3, -0.25) is 0 Å². The van der Waals surface area contributed by atoms with E-state index in [9.17, 15) is 5.11 Å². The molecule has 2 unspecified atom stereocenters. The predicted molar refractivity (Wildman–Crippen MR) is 61.7 cm³/mol. The Hall–Kier alpha value is -0.860. The van der Waals surface area contributed by atoms with Crippen LogP contribution in [0.15, 0.2) is 24.3 Å². The van der Waals surface area contributed by atoms with Gasteiger partial charge in [0, 0.05) is 5.54 Å². The number of hydrogen-bond donors (Lipinski definition) is 2. The highest BCUT2D eigenvalue weighted by Crippen LogP contribution is 2.31. The molecule has 1 fully saturated rings. The normalized spacial score (nSPS) is 27.9. The van der Waals surface area contributed by atoms with Crippen molar-refractivity contribution in [2.45, 2.75) is 38.3 Å². The van der Waals surface area contributed by atoms with E-state index in [-0.39, 0.29) is 11.6 Å². The van der Waals surface area contributed by atoms with Crippen molar-refractivity contribution in [1.82, 2.24) is 5.32 Å². The van der Waals surface area contributed by atoms with Crippen molar-refractivity contribution in [3.63, 3.8) is 0 Å². The van der Waals surface area contributed by atoms with Crippen molar-refractivity contribution in [2.24, 2.45) is 0 Å². The Labute approximate surface area is 91.3 Å². The van der Waals surface area contributed by atoms with Crippen LogP contribution in [0, 0.1) is 0 Å². The van der Waals surface area contributed by atoms with Gasteiger partial charge in [-0.2, -0.15) is 0 Å². The van der Waals surface area contributed by atoms with Gasteiger partial charge in [-0.05, 0) is 44.4 Å². The monoisotopic (exact) mass is 205 g/mol. The largest absolute Gasteiger partial charge is 0.389 e. The lowest BCUT2D eigenvalue weighted by Crippen LogP contribution is -2.33. The summed E-state index contributed by atoms with van der Waals surface area (Å²) in [7, 11) is 0. The SMILES string of the molecule is CC(O)c1cccc(C2(C)CCCN2)c1. The van der Waals surface area contributed by atoms with Gasteiger partial charge in [0.1, 0.15) is 0 Å². The molecule has 2 nitrogen and oxygen atoms in total. The Balaban J connectivity index is 2.31. The maximum absolute atomic E-state index is 9.55. The van der Waals surface area contributed by atoms with Crippen LogP contribution in [0.4, 0.5) is 0 Å². The molecule has 0 aromatic heterocycles. The average Bonchev–Trinajstić information content (AvgIpc) is 2.67. The Morgan fingerprint density at radius 1 is 1.47 bits per heavy atom. The fraction of sp³-hybridized carbons (Fsp3) is 0.538. The lowest BCUT2D eigenvalue weighted by atomic mass is 9.89. The van der Waals surface area contributed by atoms with Gasteiger partial charge in [-0.15, -0.1) is 0 Å². The fourth-order valence-corrected chi connectivity index (χ4v) is 2.28. The quantitative estimate of drug-likeness (QED) is 0.776. The third-order valence-corrected chi connectivity index (χ3v) is 3.37. The Kier molecular flexibility index (Phi) is 2.81. The molecule has 2 N–H and O–H groups in total. The third kappa shape index (κ3) is 2.06. The molecule has 1 heterocycles. The Morgan fingerprint density at radius 2 is 2.27 bits per heavy atom. The van der Waals surface area contributed by atoms with Crippen molar-refractivity contribution in [3.8, 4) is 0 Å². The van der Waals surface area contributed by atoms with Crippen LogP contribution in [-0.2, 0) is 5.54 Å². The van der Waals surface area contributed by atoms with Gasteiger partial charge in [0.2, 0.25) is 0 Å². The molecule has 2 rings (SSSR count). The van der Waals surface area contributed by atoms with Crippen LogP contribution < -0.4 is 5.32 Å². The third-order valence-electron chi connectivity index (χ3n) is 3.37. The van der Waals surface area contributed by atoms with Gasteiger partial charge < -0.3 is 10.4 Å². The summed E-state index contributed by atoms with van der Waals surface area (Å²) in [4.78, 5) is 0. The minimum atomic E-state index is -0.380. The molecular formula is C13H19NO. The van der Waals surface area contributed by atoms with Gasteiger partial charge in [0.25, 0.3) is 0 Å². The second-order valence-corrected chi connectivity index (χ2v) is 4.66. The number of hydrogen-bond acceptors (Lipinski definition) is 2. The summed E-state index contributed by atoms with van der Waals surface area (Å²) < 4.78 is 0. The van der Waals surface area contributed by atoms with Crippen LogP contribution in [0.2, 0.25) is 0 Å². The topological polar surface area (TPSA) is 32.3 Å². The van der Waals surface area contributed by atoms with Gasteiger partial charge in [-0.25, -0.2) is 0 Å². The molecule has 1 aromatic rings.